The fourth-order valence-electron chi connectivity index (χ4n) is 2.38. The van der Waals surface area contributed by atoms with E-state index >= 15 is 0 Å². The predicted octanol–water partition coefficient (Wildman–Crippen LogP) is 4.91. The van der Waals surface area contributed by atoms with Crippen LogP contribution < -0.4 is 4.74 Å². The fourth-order valence-corrected chi connectivity index (χ4v) is 2.61. The van der Waals surface area contributed by atoms with Gasteiger partial charge in [0, 0.05) is 10.4 Å². The summed E-state index contributed by atoms with van der Waals surface area (Å²) in [6.45, 7) is 3.42. The number of aromatic amines is 1. The molecule has 128 valence electrons. The molecule has 1 amide bonds. The Morgan fingerprint density at radius 3 is 2.80 bits per heavy atom. The number of hydrogen-bond donors (Lipinski definition) is 2. The first-order valence-corrected chi connectivity index (χ1v) is 8.01. The molecule has 7 heteroatoms. The standard InChI is InChI=1S/C18H16ClN3O3/c1-10-9-12(19)7-8-15(10)25-11(2)17(23)22-21-16-13-5-3-4-6-14(13)20-18(16)24/h3-9,11,20,24H,1-2H3/t11-/m1/s1. The number of rotatable bonds is 4. The van der Waals surface area contributed by atoms with Crippen LogP contribution in [0.25, 0.3) is 10.9 Å². The third kappa shape index (κ3) is 3.64. The van der Waals surface area contributed by atoms with Crippen molar-refractivity contribution in [1.82, 2.24) is 4.98 Å². The van der Waals surface area contributed by atoms with Gasteiger partial charge in [-0.25, -0.2) is 0 Å². The smallest absolute Gasteiger partial charge is 0.304 e. The normalized spacial score (nSPS) is 12.6. The minimum Gasteiger partial charge on any atom is -0.493 e. The minimum atomic E-state index is -0.823. The molecule has 0 unspecified atom stereocenters. The molecule has 3 rings (SSSR count). The molecule has 0 spiro atoms. The van der Waals surface area contributed by atoms with E-state index in [1.165, 1.54) is 0 Å². The Hall–Kier alpha value is -2.86. The molecule has 1 atom stereocenters. The summed E-state index contributed by atoms with van der Waals surface area (Å²) in [5.74, 6) is -0.144. The highest BCUT2D eigenvalue weighted by atomic mass is 35.5. The molecule has 0 fully saturated rings. The number of carbonyl (C=O) groups is 1. The van der Waals surface area contributed by atoms with E-state index in [4.69, 9.17) is 16.3 Å². The lowest BCUT2D eigenvalue weighted by molar-refractivity contribution is -0.124. The second-order valence-electron chi connectivity index (χ2n) is 5.58. The van der Waals surface area contributed by atoms with Crippen LogP contribution in [0.1, 0.15) is 12.5 Å². The number of hydrogen-bond acceptors (Lipinski definition) is 4. The molecular formula is C18H16ClN3O3. The van der Waals surface area contributed by atoms with Crippen LogP contribution in [0.5, 0.6) is 11.6 Å². The number of azo groups is 1. The van der Waals surface area contributed by atoms with Gasteiger partial charge in [-0.05, 0) is 43.7 Å². The van der Waals surface area contributed by atoms with Gasteiger partial charge in [0.05, 0.1) is 5.52 Å². The van der Waals surface area contributed by atoms with Crippen molar-refractivity contribution < 1.29 is 14.6 Å². The van der Waals surface area contributed by atoms with Gasteiger partial charge in [0.15, 0.2) is 11.8 Å². The Morgan fingerprint density at radius 1 is 1.28 bits per heavy atom. The van der Waals surface area contributed by atoms with Crippen LogP contribution in [-0.4, -0.2) is 22.1 Å². The zero-order valence-corrected chi connectivity index (χ0v) is 14.4. The number of amides is 1. The van der Waals surface area contributed by atoms with Gasteiger partial charge in [0.25, 0.3) is 0 Å². The number of H-pyrrole nitrogens is 1. The van der Waals surface area contributed by atoms with Crippen molar-refractivity contribution in [2.45, 2.75) is 20.0 Å². The van der Waals surface area contributed by atoms with Gasteiger partial charge >= 0.3 is 5.91 Å². The van der Waals surface area contributed by atoms with Crippen LogP contribution >= 0.6 is 11.6 Å². The molecule has 25 heavy (non-hydrogen) atoms. The number of ether oxygens (including phenoxy) is 1. The molecule has 0 aliphatic rings. The lowest BCUT2D eigenvalue weighted by atomic mass is 10.2. The monoisotopic (exact) mass is 357 g/mol. The average Bonchev–Trinajstić information content (AvgIpc) is 2.90. The summed E-state index contributed by atoms with van der Waals surface area (Å²) in [7, 11) is 0. The molecule has 6 nitrogen and oxygen atoms in total. The third-order valence-corrected chi connectivity index (χ3v) is 3.93. The molecule has 2 N–H and O–H groups in total. The van der Waals surface area contributed by atoms with Crippen molar-refractivity contribution in [2.24, 2.45) is 10.2 Å². The molecule has 0 radical (unpaired) electrons. The Morgan fingerprint density at radius 2 is 2.04 bits per heavy atom. The zero-order valence-electron chi connectivity index (χ0n) is 13.7. The van der Waals surface area contributed by atoms with Crippen molar-refractivity contribution in [3.63, 3.8) is 0 Å². The number of aryl methyl sites for hydroxylation is 1. The number of aromatic nitrogens is 1. The summed E-state index contributed by atoms with van der Waals surface area (Å²) in [5, 5.41) is 18.8. The van der Waals surface area contributed by atoms with Gasteiger partial charge in [-0.3, -0.25) is 4.79 Å². The number of fused-ring (bicyclic) bond motifs is 1. The highest BCUT2D eigenvalue weighted by molar-refractivity contribution is 6.30. The van der Waals surface area contributed by atoms with E-state index in [2.05, 4.69) is 15.2 Å². The van der Waals surface area contributed by atoms with Gasteiger partial charge in [0.1, 0.15) is 5.75 Å². The quantitative estimate of drug-likeness (QED) is 0.650. The van der Waals surface area contributed by atoms with E-state index < -0.39 is 12.0 Å². The van der Waals surface area contributed by atoms with Crippen LogP contribution in [0.2, 0.25) is 5.02 Å². The number of aromatic hydroxyl groups is 1. The third-order valence-electron chi connectivity index (χ3n) is 3.70. The van der Waals surface area contributed by atoms with Crippen LogP contribution in [0, 0.1) is 6.92 Å². The van der Waals surface area contributed by atoms with E-state index in [-0.39, 0.29) is 11.6 Å². The first-order valence-electron chi connectivity index (χ1n) is 7.64. The van der Waals surface area contributed by atoms with Crippen LogP contribution in [0.3, 0.4) is 0 Å². The second-order valence-corrected chi connectivity index (χ2v) is 6.01. The van der Waals surface area contributed by atoms with E-state index in [9.17, 15) is 9.90 Å². The zero-order chi connectivity index (χ0) is 18.0. The number of nitrogens with one attached hydrogen (secondary N) is 1. The number of para-hydroxylation sites is 1. The number of benzene rings is 2. The first kappa shape index (κ1) is 17.0. The maximum Gasteiger partial charge on any atom is 0.304 e. The highest BCUT2D eigenvalue weighted by Crippen LogP contribution is 2.35. The topological polar surface area (TPSA) is 87.0 Å². The molecule has 2 aromatic carbocycles. The Kier molecular flexibility index (Phi) is 4.72. The van der Waals surface area contributed by atoms with Gasteiger partial charge < -0.3 is 14.8 Å². The average molecular weight is 358 g/mol. The molecule has 0 aliphatic carbocycles. The Bertz CT molecular complexity index is 965. The van der Waals surface area contributed by atoms with Crippen molar-refractivity contribution >= 4 is 34.1 Å². The number of carbonyl (C=O) groups excluding carboxylic acids is 1. The van der Waals surface area contributed by atoms with E-state index in [0.717, 1.165) is 5.56 Å². The summed E-state index contributed by atoms with van der Waals surface area (Å²) in [6, 6.07) is 12.3. The highest BCUT2D eigenvalue weighted by Gasteiger charge is 2.17. The molecule has 1 aromatic heterocycles. The van der Waals surface area contributed by atoms with Crippen LogP contribution in [0.4, 0.5) is 5.69 Å². The number of halogens is 1. The molecule has 1 heterocycles. The van der Waals surface area contributed by atoms with Gasteiger partial charge in [-0.15, -0.1) is 10.2 Å². The van der Waals surface area contributed by atoms with E-state index in [1.807, 2.05) is 19.1 Å². The Labute approximate surface area is 149 Å². The van der Waals surface area contributed by atoms with Crippen molar-refractivity contribution in [1.29, 1.82) is 0 Å². The van der Waals surface area contributed by atoms with E-state index in [0.29, 0.717) is 21.7 Å². The Balaban J connectivity index is 1.76. The molecule has 0 saturated heterocycles. The summed E-state index contributed by atoms with van der Waals surface area (Å²) < 4.78 is 5.62. The molecular weight excluding hydrogens is 342 g/mol. The van der Waals surface area contributed by atoms with Crippen molar-refractivity contribution in [3.8, 4) is 11.6 Å². The minimum absolute atomic E-state index is 0.139. The lowest BCUT2D eigenvalue weighted by Gasteiger charge is -2.13. The summed E-state index contributed by atoms with van der Waals surface area (Å²) >= 11 is 5.90. The van der Waals surface area contributed by atoms with Gasteiger partial charge in [-0.1, -0.05) is 29.8 Å². The maximum atomic E-state index is 12.2. The van der Waals surface area contributed by atoms with Gasteiger partial charge in [0.2, 0.25) is 5.88 Å². The second kappa shape index (κ2) is 6.94. The fraction of sp³-hybridized carbons (Fsp3) is 0.167. The lowest BCUT2D eigenvalue weighted by Crippen LogP contribution is -2.21. The van der Waals surface area contributed by atoms with Crippen LogP contribution in [-0.2, 0) is 4.79 Å². The van der Waals surface area contributed by atoms with Crippen molar-refractivity contribution in [2.75, 3.05) is 0 Å². The van der Waals surface area contributed by atoms with Gasteiger partial charge in [-0.2, -0.15) is 0 Å². The number of nitrogens with zero attached hydrogens (tertiary/aromatic N) is 2. The molecule has 0 aliphatic heterocycles. The summed E-state index contributed by atoms with van der Waals surface area (Å²) in [6.07, 6.45) is -0.823. The summed E-state index contributed by atoms with van der Waals surface area (Å²) in [5.41, 5.74) is 1.75. The van der Waals surface area contributed by atoms with E-state index in [1.54, 1.807) is 37.3 Å². The molecule has 0 saturated carbocycles. The van der Waals surface area contributed by atoms with Crippen LogP contribution in [0.15, 0.2) is 52.7 Å². The SMILES string of the molecule is Cc1cc(Cl)ccc1O[C@H](C)C(=O)N=Nc1c(O)[nH]c2ccccc12. The maximum absolute atomic E-state index is 12.2. The largest absolute Gasteiger partial charge is 0.493 e. The first-order chi connectivity index (χ1) is 12.0. The van der Waals surface area contributed by atoms with Crippen molar-refractivity contribution in [3.05, 3.63) is 53.1 Å². The molecule has 0 bridgehead atoms. The predicted molar refractivity (Wildman–Crippen MR) is 95.8 cm³/mol. The summed E-state index contributed by atoms with van der Waals surface area (Å²) in [4.78, 5) is 14.9. The molecule has 3 aromatic rings.